The lowest BCUT2D eigenvalue weighted by Crippen LogP contribution is -2.36. The predicted octanol–water partition coefficient (Wildman–Crippen LogP) is 2.24. The molecular formula is C18H35NO7. The highest BCUT2D eigenvalue weighted by molar-refractivity contribution is 5.71. The number of likely N-dealkylation sites (N-methyl/N-ethyl adjacent to an activating group) is 1. The van der Waals surface area contributed by atoms with Gasteiger partial charge in [-0.15, -0.1) is 0 Å². The van der Waals surface area contributed by atoms with Crippen molar-refractivity contribution < 1.29 is 33.3 Å². The van der Waals surface area contributed by atoms with E-state index in [2.05, 4.69) is 0 Å². The van der Waals surface area contributed by atoms with E-state index in [-0.39, 0.29) is 12.7 Å². The summed E-state index contributed by atoms with van der Waals surface area (Å²) < 4.78 is 26.2. The smallest absolute Gasteiger partial charge is 0.410 e. The molecule has 154 valence electrons. The van der Waals surface area contributed by atoms with Crippen LogP contribution in [0.1, 0.15) is 41.5 Å². The third kappa shape index (κ3) is 16.1. The van der Waals surface area contributed by atoms with Gasteiger partial charge in [0.1, 0.15) is 17.8 Å². The first kappa shape index (κ1) is 24.6. The molecule has 8 heteroatoms. The molecular weight excluding hydrogens is 342 g/mol. The maximum absolute atomic E-state index is 11.7. The van der Waals surface area contributed by atoms with E-state index in [1.807, 2.05) is 20.8 Å². The summed E-state index contributed by atoms with van der Waals surface area (Å²) in [6.45, 7) is 13.1. The fraction of sp³-hybridized carbons (Fsp3) is 0.889. The van der Waals surface area contributed by atoms with Crippen LogP contribution in [0.2, 0.25) is 0 Å². The second-order valence-corrected chi connectivity index (χ2v) is 7.77. The van der Waals surface area contributed by atoms with Crippen LogP contribution in [-0.2, 0) is 28.5 Å². The molecule has 0 aliphatic rings. The molecule has 0 aromatic carbocycles. The Morgan fingerprint density at radius 1 is 0.731 bits per heavy atom. The predicted molar refractivity (Wildman–Crippen MR) is 97.2 cm³/mol. The molecule has 0 bridgehead atoms. The molecule has 0 aromatic rings. The Bertz CT molecular complexity index is 413. The van der Waals surface area contributed by atoms with E-state index in [0.29, 0.717) is 39.6 Å². The van der Waals surface area contributed by atoms with Crippen molar-refractivity contribution in [2.75, 3.05) is 53.2 Å². The fourth-order valence-electron chi connectivity index (χ4n) is 1.60. The molecule has 0 spiro atoms. The topological polar surface area (TPSA) is 83.5 Å². The van der Waals surface area contributed by atoms with Crippen LogP contribution in [0, 0.1) is 0 Å². The van der Waals surface area contributed by atoms with Crippen LogP contribution in [0.5, 0.6) is 0 Å². The van der Waals surface area contributed by atoms with Crippen LogP contribution >= 0.6 is 0 Å². The SMILES string of the molecule is CN(CCOCCOCCOCC(=O)OC(C)(C)C)C(=O)OC(C)(C)C. The van der Waals surface area contributed by atoms with E-state index in [1.165, 1.54) is 4.90 Å². The van der Waals surface area contributed by atoms with Crippen LogP contribution in [0.3, 0.4) is 0 Å². The van der Waals surface area contributed by atoms with Crippen LogP contribution < -0.4 is 0 Å². The third-order valence-corrected chi connectivity index (χ3v) is 2.66. The molecule has 0 atom stereocenters. The van der Waals surface area contributed by atoms with Crippen molar-refractivity contribution in [2.24, 2.45) is 0 Å². The highest BCUT2D eigenvalue weighted by Crippen LogP contribution is 2.09. The monoisotopic (exact) mass is 377 g/mol. The van der Waals surface area contributed by atoms with E-state index < -0.39 is 17.2 Å². The van der Waals surface area contributed by atoms with Gasteiger partial charge in [-0.1, -0.05) is 0 Å². The maximum atomic E-state index is 11.7. The number of rotatable bonds is 11. The Hall–Kier alpha value is -1.38. The van der Waals surface area contributed by atoms with Gasteiger partial charge in [0, 0.05) is 13.6 Å². The summed E-state index contributed by atoms with van der Waals surface area (Å²) in [5.74, 6) is -0.394. The highest BCUT2D eigenvalue weighted by Gasteiger charge is 2.19. The normalized spacial score (nSPS) is 12.0. The van der Waals surface area contributed by atoms with Crippen LogP contribution in [-0.4, -0.2) is 81.4 Å². The summed E-state index contributed by atoms with van der Waals surface area (Å²) in [5.41, 5.74) is -1.02. The van der Waals surface area contributed by atoms with Crippen LogP contribution in [0.15, 0.2) is 0 Å². The number of nitrogens with zero attached hydrogens (tertiary/aromatic N) is 1. The van der Waals surface area contributed by atoms with Crippen molar-refractivity contribution in [3.63, 3.8) is 0 Å². The van der Waals surface area contributed by atoms with E-state index in [9.17, 15) is 9.59 Å². The van der Waals surface area contributed by atoms with Crippen molar-refractivity contribution in [3.05, 3.63) is 0 Å². The first-order chi connectivity index (χ1) is 11.9. The van der Waals surface area contributed by atoms with Crippen LogP contribution in [0.4, 0.5) is 4.79 Å². The largest absolute Gasteiger partial charge is 0.458 e. The molecule has 8 nitrogen and oxygen atoms in total. The fourth-order valence-corrected chi connectivity index (χ4v) is 1.60. The van der Waals surface area contributed by atoms with Gasteiger partial charge in [0.2, 0.25) is 0 Å². The lowest BCUT2D eigenvalue weighted by atomic mass is 10.2. The van der Waals surface area contributed by atoms with E-state index in [1.54, 1.807) is 27.8 Å². The van der Waals surface area contributed by atoms with E-state index in [0.717, 1.165) is 0 Å². The average molecular weight is 377 g/mol. The van der Waals surface area contributed by atoms with E-state index >= 15 is 0 Å². The van der Waals surface area contributed by atoms with Gasteiger partial charge in [-0.2, -0.15) is 0 Å². The molecule has 0 rings (SSSR count). The first-order valence-electron chi connectivity index (χ1n) is 8.80. The van der Waals surface area contributed by atoms with Gasteiger partial charge in [0.25, 0.3) is 0 Å². The Kier molecular flexibility index (Phi) is 11.4. The number of amides is 1. The highest BCUT2D eigenvalue weighted by atomic mass is 16.6. The lowest BCUT2D eigenvalue weighted by molar-refractivity contribution is -0.160. The lowest BCUT2D eigenvalue weighted by Gasteiger charge is -2.24. The summed E-state index contributed by atoms with van der Waals surface area (Å²) in [6.07, 6.45) is -0.375. The van der Waals surface area contributed by atoms with Crippen molar-refractivity contribution in [3.8, 4) is 0 Å². The molecule has 0 radical (unpaired) electrons. The number of hydrogen-bond acceptors (Lipinski definition) is 7. The van der Waals surface area contributed by atoms with Crippen molar-refractivity contribution in [1.82, 2.24) is 4.90 Å². The molecule has 0 fully saturated rings. The minimum atomic E-state index is -0.508. The van der Waals surface area contributed by atoms with Gasteiger partial charge in [-0.3, -0.25) is 0 Å². The van der Waals surface area contributed by atoms with Crippen molar-refractivity contribution in [2.45, 2.75) is 52.7 Å². The molecule has 0 aliphatic heterocycles. The van der Waals surface area contributed by atoms with Gasteiger partial charge in [-0.25, -0.2) is 9.59 Å². The minimum Gasteiger partial charge on any atom is -0.458 e. The van der Waals surface area contributed by atoms with Gasteiger partial charge in [0.05, 0.1) is 33.0 Å². The summed E-state index contributed by atoms with van der Waals surface area (Å²) in [7, 11) is 1.66. The number of esters is 1. The quantitative estimate of drug-likeness (QED) is 0.403. The van der Waals surface area contributed by atoms with Gasteiger partial charge in [-0.05, 0) is 41.5 Å². The van der Waals surface area contributed by atoms with Crippen LogP contribution in [0.25, 0.3) is 0 Å². The zero-order valence-corrected chi connectivity index (χ0v) is 17.3. The number of ether oxygens (including phenoxy) is 5. The molecule has 26 heavy (non-hydrogen) atoms. The van der Waals surface area contributed by atoms with Gasteiger partial charge in [0.15, 0.2) is 0 Å². The zero-order valence-electron chi connectivity index (χ0n) is 17.3. The molecule has 0 saturated carbocycles. The van der Waals surface area contributed by atoms with Gasteiger partial charge >= 0.3 is 12.1 Å². The van der Waals surface area contributed by atoms with Gasteiger partial charge < -0.3 is 28.6 Å². The molecule has 0 heterocycles. The van der Waals surface area contributed by atoms with E-state index in [4.69, 9.17) is 23.7 Å². The average Bonchev–Trinajstić information content (AvgIpc) is 2.45. The molecule has 0 saturated heterocycles. The van der Waals surface area contributed by atoms with Crippen molar-refractivity contribution >= 4 is 12.1 Å². The first-order valence-corrected chi connectivity index (χ1v) is 8.80. The standard InChI is InChI=1S/C18H35NO7/c1-17(2,3)25-15(20)14-24-13-12-23-11-10-22-9-8-19(7)16(21)26-18(4,5)6/h8-14H2,1-7H3. The molecule has 0 N–H and O–H groups in total. The van der Waals surface area contributed by atoms with Crippen molar-refractivity contribution in [1.29, 1.82) is 0 Å². The molecule has 0 unspecified atom stereocenters. The molecule has 1 amide bonds. The Labute approximate surface area is 157 Å². The second-order valence-electron chi connectivity index (χ2n) is 7.77. The summed E-state index contributed by atoms with van der Waals surface area (Å²) in [5, 5.41) is 0. The number of hydrogen-bond donors (Lipinski definition) is 0. The maximum Gasteiger partial charge on any atom is 0.410 e. The Balaban J connectivity index is 3.49. The summed E-state index contributed by atoms with van der Waals surface area (Å²) in [6, 6.07) is 0. The number of carbonyl (C=O) groups excluding carboxylic acids is 2. The Morgan fingerprint density at radius 3 is 1.69 bits per heavy atom. The number of carbonyl (C=O) groups is 2. The third-order valence-electron chi connectivity index (χ3n) is 2.66. The summed E-state index contributed by atoms with van der Waals surface area (Å²) >= 11 is 0. The minimum absolute atomic E-state index is 0.0892. The molecule has 0 aliphatic carbocycles. The second kappa shape index (κ2) is 12.1. The summed E-state index contributed by atoms with van der Waals surface area (Å²) in [4.78, 5) is 24.6. The Morgan fingerprint density at radius 2 is 1.19 bits per heavy atom. The molecule has 0 aromatic heterocycles. The zero-order chi connectivity index (χ0) is 20.2.